The predicted octanol–water partition coefficient (Wildman–Crippen LogP) is 4.78. The number of hydrogen-bond donors (Lipinski definition) is 0. The highest BCUT2D eigenvalue weighted by Crippen LogP contribution is 2.36. The summed E-state index contributed by atoms with van der Waals surface area (Å²) in [5.74, 6) is 0.465. The van der Waals surface area contributed by atoms with E-state index in [9.17, 15) is 0 Å². The standard InChI is InChI=1S/C14H28OSi/c1-9-12(2)10-13(3)11-15-16(7,8)14(4,5)6/h9-10,13H,1,11H2,2-8H3/b12-10+/t13-/m1/s1. The third-order valence-corrected chi connectivity index (χ3v) is 7.88. The Kier molecular flexibility index (Phi) is 5.70. The van der Waals surface area contributed by atoms with Crippen LogP contribution in [0.15, 0.2) is 24.3 Å². The van der Waals surface area contributed by atoms with Crippen LogP contribution in [-0.2, 0) is 4.43 Å². The number of allylic oxidation sites excluding steroid dienone is 2. The summed E-state index contributed by atoms with van der Waals surface area (Å²) in [4.78, 5) is 0. The van der Waals surface area contributed by atoms with Gasteiger partial charge in [-0.15, -0.1) is 0 Å². The van der Waals surface area contributed by atoms with Crippen LogP contribution in [0.25, 0.3) is 0 Å². The minimum Gasteiger partial charge on any atom is -0.416 e. The summed E-state index contributed by atoms with van der Waals surface area (Å²) in [5.41, 5.74) is 1.23. The van der Waals surface area contributed by atoms with Crippen LogP contribution in [0.2, 0.25) is 18.1 Å². The molecule has 16 heavy (non-hydrogen) atoms. The molecule has 1 atom stereocenters. The van der Waals surface area contributed by atoms with E-state index < -0.39 is 8.32 Å². The molecule has 0 spiro atoms. The first-order valence-corrected chi connectivity index (χ1v) is 8.96. The Hall–Kier alpha value is -0.343. The minimum absolute atomic E-state index is 0.296. The molecular weight excluding hydrogens is 212 g/mol. The van der Waals surface area contributed by atoms with E-state index in [0.29, 0.717) is 11.0 Å². The predicted molar refractivity (Wildman–Crippen MR) is 76.3 cm³/mol. The maximum absolute atomic E-state index is 6.16. The van der Waals surface area contributed by atoms with Crippen molar-refractivity contribution in [2.45, 2.75) is 52.8 Å². The van der Waals surface area contributed by atoms with Crippen molar-refractivity contribution in [3.63, 3.8) is 0 Å². The lowest BCUT2D eigenvalue weighted by atomic mass is 10.1. The largest absolute Gasteiger partial charge is 0.416 e. The zero-order chi connectivity index (χ0) is 13.0. The van der Waals surface area contributed by atoms with Gasteiger partial charge >= 0.3 is 0 Å². The molecule has 0 saturated carbocycles. The van der Waals surface area contributed by atoms with Gasteiger partial charge in [-0.05, 0) is 31.0 Å². The lowest BCUT2D eigenvalue weighted by molar-refractivity contribution is 0.259. The monoisotopic (exact) mass is 240 g/mol. The maximum Gasteiger partial charge on any atom is 0.192 e. The molecule has 94 valence electrons. The van der Waals surface area contributed by atoms with Crippen molar-refractivity contribution in [3.8, 4) is 0 Å². The summed E-state index contributed by atoms with van der Waals surface area (Å²) < 4.78 is 6.16. The molecule has 0 heterocycles. The number of rotatable bonds is 5. The molecule has 0 amide bonds. The Balaban J connectivity index is 4.31. The normalized spacial score (nSPS) is 16.1. The van der Waals surface area contributed by atoms with E-state index in [2.05, 4.69) is 60.4 Å². The van der Waals surface area contributed by atoms with E-state index in [1.54, 1.807) is 0 Å². The first-order valence-electron chi connectivity index (χ1n) is 6.05. The summed E-state index contributed by atoms with van der Waals surface area (Å²) in [6, 6.07) is 0. The van der Waals surface area contributed by atoms with Gasteiger partial charge in [0.25, 0.3) is 0 Å². The minimum atomic E-state index is -1.58. The molecule has 0 aromatic heterocycles. The van der Waals surface area contributed by atoms with Crippen LogP contribution < -0.4 is 0 Å². The lowest BCUT2D eigenvalue weighted by Crippen LogP contribution is -2.41. The lowest BCUT2D eigenvalue weighted by Gasteiger charge is -2.36. The molecule has 0 saturated heterocycles. The fourth-order valence-corrected chi connectivity index (χ4v) is 2.23. The van der Waals surface area contributed by atoms with Crippen molar-refractivity contribution in [2.24, 2.45) is 5.92 Å². The van der Waals surface area contributed by atoms with Crippen molar-refractivity contribution in [1.82, 2.24) is 0 Å². The summed E-state index contributed by atoms with van der Waals surface area (Å²) in [6.07, 6.45) is 4.11. The maximum atomic E-state index is 6.16. The van der Waals surface area contributed by atoms with Crippen molar-refractivity contribution in [1.29, 1.82) is 0 Å². The van der Waals surface area contributed by atoms with Crippen LogP contribution in [0.5, 0.6) is 0 Å². The molecule has 0 aromatic carbocycles. The van der Waals surface area contributed by atoms with Gasteiger partial charge in [0.15, 0.2) is 8.32 Å². The third-order valence-electron chi connectivity index (χ3n) is 3.38. The van der Waals surface area contributed by atoms with Crippen molar-refractivity contribution < 1.29 is 4.43 Å². The molecule has 0 bridgehead atoms. The molecule has 0 aliphatic carbocycles. The Morgan fingerprint density at radius 3 is 2.25 bits per heavy atom. The fraction of sp³-hybridized carbons (Fsp3) is 0.714. The number of hydrogen-bond acceptors (Lipinski definition) is 1. The van der Waals surface area contributed by atoms with Gasteiger partial charge in [-0.3, -0.25) is 0 Å². The highest BCUT2D eigenvalue weighted by molar-refractivity contribution is 6.74. The fourth-order valence-electron chi connectivity index (χ4n) is 1.12. The topological polar surface area (TPSA) is 9.23 Å². The van der Waals surface area contributed by atoms with E-state index >= 15 is 0 Å². The van der Waals surface area contributed by atoms with Crippen LogP contribution in [0, 0.1) is 5.92 Å². The molecule has 0 aromatic rings. The van der Waals surface area contributed by atoms with E-state index in [1.165, 1.54) is 5.57 Å². The summed E-state index contributed by atoms with van der Waals surface area (Å²) in [6.45, 7) is 20.3. The second-order valence-electron chi connectivity index (χ2n) is 6.16. The highest BCUT2D eigenvalue weighted by atomic mass is 28.4. The van der Waals surface area contributed by atoms with E-state index in [1.807, 2.05) is 6.08 Å². The summed E-state index contributed by atoms with van der Waals surface area (Å²) >= 11 is 0. The quantitative estimate of drug-likeness (QED) is 0.496. The summed E-state index contributed by atoms with van der Waals surface area (Å²) in [5, 5.41) is 0.296. The zero-order valence-electron chi connectivity index (χ0n) is 12.1. The molecule has 0 radical (unpaired) electrons. The second-order valence-corrected chi connectivity index (χ2v) is 11.0. The van der Waals surface area contributed by atoms with Crippen LogP contribution in [0.1, 0.15) is 34.6 Å². The molecule has 0 aliphatic heterocycles. The van der Waals surface area contributed by atoms with Gasteiger partial charge in [0.2, 0.25) is 0 Å². The van der Waals surface area contributed by atoms with E-state index in [4.69, 9.17) is 4.43 Å². The molecule has 0 N–H and O–H groups in total. The van der Waals surface area contributed by atoms with Crippen LogP contribution in [0.4, 0.5) is 0 Å². The Labute approximate surface area is 103 Å². The third kappa shape index (κ3) is 5.13. The van der Waals surface area contributed by atoms with Gasteiger partial charge in [0.05, 0.1) is 0 Å². The smallest absolute Gasteiger partial charge is 0.192 e. The molecule has 0 rings (SSSR count). The molecule has 0 aliphatic rings. The Morgan fingerprint density at radius 2 is 1.88 bits per heavy atom. The van der Waals surface area contributed by atoms with Crippen molar-refractivity contribution >= 4 is 8.32 Å². The van der Waals surface area contributed by atoms with Crippen LogP contribution in [0.3, 0.4) is 0 Å². The summed E-state index contributed by atoms with van der Waals surface area (Å²) in [7, 11) is -1.58. The van der Waals surface area contributed by atoms with Gasteiger partial charge in [0, 0.05) is 6.61 Å². The highest BCUT2D eigenvalue weighted by Gasteiger charge is 2.37. The molecule has 0 unspecified atom stereocenters. The molecule has 1 nitrogen and oxygen atoms in total. The van der Waals surface area contributed by atoms with Gasteiger partial charge < -0.3 is 4.43 Å². The SMILES string of the molecule is C=C/C(C)=C/[C@@H](C)CO[Si](C)(C)C(C)(C)C. The van der Waals surface area contributed by atoms with Gasteiger partial charge in [-0.25, -0.2) is 0 Å². The van der Waals surface area contributed by atoms with Crippen LogP contribution >= 0.6 is 0 Å². The van der Waals surface area contributed by atoms with E-state index in [-0.39, 0.29) is 0 Å². The molecule has 2 heteroatoms. The van der Waals surface area contributed by atoms with Crippen molar-refractivity contribution in [2.75, 3.05) is 6.61 Å². The van der Waals surface area contributed by atoms with Crippen LogP contribution in [-0.4, -0.2) is 14.9 Å². The average Bonchev–Trinajstić information content (AvgIpc) is 2.13. The first-order chi connectivity index (χ1) is 7.10. The van der Waals surface area contributed by atoms with E-state index in [0.717, 1.165) is 6.61 Å². The molecular formula is C14H28OSi. The van der Waals surface area contributed by atoms with Gasteiger partial charge in [-0.2, -0.15) is 0 Å². The van der Waals surface area contributed by atoms with Gasteiger partial charge in [-0.1, -0.05) is 52.0 Å². The first kappa shape index (κ1) is 15.7. The Bertz CT molecular complexity index is 258. The van der Waals surface area contributed by atoms with Crippen molar-refractivity contribution in [3.05, 3.63) is 24.3 Å². The van der Waals surface area contributed by atoms with Gasteiger partial charge in [0.1, 0.15) is 0 Å². The molecule has 0 fully saturated rings. The Morgan fingerprint density at radius 1 is 1.38 bits per heavy atom. The average molecular weight is 240 g/mol. The zero-order valence-corrected chi connectivity index (χ0v) is 13.1. The second kappa shape index (κ2) is 5.83.